The zero-order chi connectivity index (χ0) is 10.5. The third-order valence-electron chi connectivity index (χ3n) is 2.18. The summed E-state index contributed by atoms with van der Waals surface area (Å²) < 4.78 is 0. The normalized spacial score (nSPS) is 17.0. The second-order valence-corrected chi connectivity index (χ2v) is 3.80. The molecule has 0 atom stereocenters. The van der Waals surface area contributed by atoms with Gasteiger partial charge in [-0.25, -0.2) is 0 Å². The molecule has 0 bridgehead atoms. The van der Waals surface area contributed by atoms with Crippen molar-refractivity contribution < 1.29 is 0 Å². The van der Waals surface area contributed by atoms with E-state index in [4.69, 9.17) is 11.6 Å². The molecule has 0 unspecified atom stereocenters. The van der Waals surface area contributed by atoms with Gasteiger partial charge in [-0.2, -0.15) is 0 Å². The van der Waals surface area contributed by atoms with Crippen molar-refractivity contribution in [3.8, 4) is 0 Å². The van der Waals surface area contributed by atoms with Crippen molar-refractivity contribution in [3.05, 3.63) is 65.4 Å². The van der Waals surface area contributed by atoms with Crippen LogP contribution in [-0.2, 0) is 0 Å². The lowest BCUT2D eigenvalue weighted by atomic mass is 10.1. The molecular weight excluding hydrogens is 206 g/mol. The van der Waals surface area contributed by atoms with Gasteiger partial charge in [-0.3, -0.25) is 0 Å². The molecule has 1 aliphatic carbocycles. The second kappa shape index (κ2) is 4.85. The summed E-state index contributed by atoms with van der Waals surface area (Å²) in [5.74, 6) is 0. The van der Waals surface area contributed by atoms with E-state index < -0.39 is 0 Å². The van der Waals surface area contributed by atoms with Crippen molar-refractivity contribution in [3.63, 3.8) is 0 Å². The van der Waals surface area contributed by atoms with E-state index in [9.17, 15) is 0 Å². The fourth-order valence-electron chi connectivity index (χ4n) is 1.36. The average molecular weight is 218 g/mol. The van der Waals surface area contributed by atoms with E-state index in [1.165, 1.54) is 5.57 Å². The minimum absolute atomic E-state index is 0.758. The van der Waals surface area contributed by atoms with Gasteiger partial charge >= 0.3 is 0 Å². The Morgan fingerprint density at radius 2 is 1.93 bits per heavy atom. The number of allylic oxidation sites excluding steroid dienone is 5. The second-order valence-electron chi connectivity index (χ2n) is 3.36. The van der Waals surface area contributed by atoms with Crippen LogP contribution in [0.15, 0.2) is 60.3 Å². The van der Waals surface area contributed by atoms with Gasteiger partial charge in [0.15, 0.2) is 0 Å². The van der Waals surface area contributed by atoms with Crippen LogP contribution in [0.1, 0.15) is 6.42 Å². The highest BCUT2D eigenvalue weighted by Crippen LogP contribution is 2.15. The standard InChI is InChI=1S/C13H12ClN/c14-12-6-8-13(9-7-12)15-10-11-4-2-1-3-5-11/h1-4,6-10,15H,5H2. The van der Waals surface area contributed by atoms with Gasteiger partial charge in [0.2, 0.25) is 0 Å². The third-order valence-corrected chi connectivity index (χ3v) is 2.43. The first-order chi connectivity index (χ1) is 7.34. The molecule has 0 fully saturated rings. The van der Waals surface area contributed by atoms with E-state index in [1.54, 1.807) is 0 Å². The topological polar surface area (TPSA) is 12.0 Å². The summed E-state index contributed by atoms with van der Waals surface area (Å²) in [6.07, 6.45) is 11.3. The smallest absolute Gasteiger partial charge is 0.0407 e. The third kappa shape index (κ3) is 3.00. The molecule has 0 heterocycles. The quantitative estimate of drug-likeness (QED) is 0.785. The van der Waals surface area contributed by atoms with Crippen LogP contribution in [0.3, 0.4) is 0 Å². The minimum Gasteiger partial charge on any atom is -0.361 e. The molecule has 1 aliphatic rings. The van der Waals surface area contributed by atoms with Crippen molar-refractivity contribution in [2.75, 3.05) is 5.32 Å². The van der Waals surface area contributed by atoms with Crippen LogP contribution >= 0.6 is 11.6 Å². The molecule has 0 radical (unpaired) electrons. The molecule has 1 N–H and O–H groups in total. The molecule has 0 spiro atoms. The summed E-state index contributed by atoms with van der Waals surface area (Å²) in [6.45, 7) is 0. The predicted molar refractivity (Wildman–Crippen MR) is 66.1 cm³/mol. The van der Waals surface area contributed by atoms with E-state index in [1.807, 2.05) is 36.5 Å². The van der Waals surface area contributed by atoms with E-state index in [0.29, 0.717) is 0 Å². The van der Waals surface area contributed by atoms with Crippen LogP contribution < -0.4 is 5.32 Å². The van der Waals surface area contributed by atoms with Crippen molar-refractivity contribution in [2.45, 2.75) is 6.42 Å². The van der Waals surface area contributed by atoms with Crippen LogP contribution in [0.4, 0.5) is 5.69 Å². The van der Waals surface area contributed by atoms with Crippen molar-refractivity contribution in [2.24, 2.45) is 0 Å². The number of benzene rings is 1. The molecular formula is C13H12ClN. The Labute approximate surface area is 94.8 Å². The van der Waals surface area contributed by atoms with Crippen LogP contribution in [0.2, 0.25) is 5.02 Å². The Balaban J connectivity index is 2.01. The SMILES string of the molecule is Clc1ccc(NC=C2C=CC=CC2)cc1. The van der Waals surface area contributed by atoms with Gasteiger partial charge in [0.1, 0.15) is 0 Å². The van der Waals surface area contributed by atoms with Gasteiger partial charge in [0, 0.05) is 16.9 Å². The highest BCUT2D eigenvalue weighted by atomic mass is 35.5. The highest BCUT2D eigenvalue weighted by molar-refractivity contribution is 6.30. The lowest BCUT2D eigenvalue weighted by molar-refractivity contribution is 1.25. The van der Waals surface area contributed by atoms with Gasteiger partial charge < -0.3 is 5.32 Å². The van der Waals surface area contributed by atoms with Crippen molar-refractivity contribution in [1.29, 1.82) is 0 Å². The first-order valence-electron chi connectivity index (χ1n) is 4.89. The number of rotatable bonds is 2. The van der Waals surface area contributed by atoms with Gasteiger partial charge in [-0.05, 0) is 36.3 Å². The fourth-order valence-corrected chi connectivity index (χ4v) is 1.49. The monoisotopic (exact) mass is 217 g/mol. The summed E-state index contributed by atoms with van der Waals surface area (Å²) in [4.78, 5) is 0. The predicted octanol–water partition coefficient (Wildman–Crippen LogP) is 4.15. The highest BCUT2D eigenvalue weighted by Gasteiger charge is 1.93. The van der Waals surface area contributed by atoms with Crippen LogP contribution in [0.5, 0.6) is 0 Å². The lowest BCUT2D eigenvalue weighted by Crippen LogP contribution is -1.90. The summed E-state index contributed by atoms with van der Waals surface area (Å²) >= 11 is 5.80. The van der Waals surface area contributed by atoms with Gasteiger partial charge in [0.25, 0.3) is 0 Å². The first-order valence-corrected chi connectivity index (χ1v) is 5.27. The van der Waals surface area contributed by atoms with Crippen molar-refractivity contribution in [1.82, 2.24) is 0 Å². The van der Waals surface area contributed by atoms with Crippen LogP contribution in [-0.4, -0.2) is 0 Å². The Hall–Kier alpha value is -1.47. The summed E-state index contributed by atoms with van der Waals surface area (Å²) in [6, 6.07) is 7.67. The molecule has 2 heteroatoms. The molecule has 1 nitrogen and oxygen atoms in total. The molecule has 0 saturated carbocycles. The number of anilines is 1. The Morgan fingerprint density at radius 3 is 2.60 bits per heavy atom. The zero-order valence-corrected chi connectivity index (χ0v) is 9.04. The van der Waals surface area contributed by atoms with Gasteiger partial charge in [-0.1, -0.05) is 35.9 Å². The van der Waals surface area contributed by atoms with E-state index >= 15 is 0 Å². The van der Waals surface area contributed by atoms with E-state index in [-0.39, 0.29) is 0 Å². The lowest BCUT2D eigenvalue weighted by Gasteiger charge is -2.04. The Bertz CT molecular complexity index is 413. The largest absolute Gasteiger partial charge is 0.361 e. The molecule has 76 valence electrons. The van der Waals surface area contributed by atoms with Gasteiger partial charge in [0.05, 0.1) is 0 Å². The molecule has 1 aromatic rings. The van der Waals surface area contributed by atoms with Crippen molar-refractivity contribution >= 4 is 17.3 Å². The molecule has 0 saturated heterocycles. The maximum absolute atomic E-state index is 5.80. The maximum Gasteiger partial charge on any atom is 0.0407 e. The summed E-state index contributed by atoms with van der Waals surface area (Å²) in [7, 11) is 0. The first kappa shape index (κ1) is 10.1. The summed E-state index contributed by atoms with van der Waals surface area (Å²) in [5.41, 5.74) is 2.32. The van der Waals surface area contributed by atoms with Gasteiger partial charge in [-0.15, -0.1) is 0 Å². The molecule has 2 rings (SSSR count). The average Bonchev–Trinajstić information content (AvgIpc) is 2.30. The van der Waals surface area contributed by atoms with Crippen LogP contribution in [0, 0.1) is 0 Å². The number of nitrogens with one attached hydrogen (secondary N) is 1. The number of halogens is 1. The van der Waals surface area contributed by atoms with E-state index in [2.05, 4.69) is 23.5 Å². The molecule has 0 aliphatic heterocycles. The fraction of sp³-hybridized carbons (Fsp3) is 0.0769. The Kier molecular flexibility index (Phi) is 3.25. The zero-order valence-electron chi connectivity index (χ0n) is 8.28. The summed E-state index contributed by atoms with van der Waals surface area (Å²) in [5, 5.41) is 3.99. The Morgan fingerprint density at radius 1 is 1.13 bits per heavy atom. The number of hydrogen-bond donors (Lipinski definition) is 1. The van der Waals surface area contributed by atoms with Crippen LogP contribution in [0.25, 0.3) is 0 Å². The molecule has 1 aromatic carbocycles. The number of hydrogen-bond acceptors (Lipinski definition) is 1. The molecule has 15 heavy (non-hydrogen) atoms. The minimum atomic E-state index is 0.758. The molecule has 0 aromatic heterocycles. The maximum atomic E-state index is 5.80. The molecule has 0 amide bonds. The van der Waals surface area contributed by atoms with E-state index in [0.717, 1.165) is 17.1 Å².